The Bertz CT molecular complexity index is 1060. The van der Waals surface area contributed by atoms with E-state index in [1.807, 2.05) is 42.7 Å². The molecule has 0 spiro atoms. The van der Waals surface area contributed by atoms with Gasteiger partial charge in [0, 0.05) is 5.56 Å². The van der Waals surface area contributed by atoms with Gasteiger partial charge in [0.25, 0.3) is 17.7 Å². The highest BCUT2D eigenvalue weighted by molar-refractivity contribution is 7.98. The maximum atomic E-state index is 12.6. The normalized spacial score (nSPS) is 11.3. The van der Waals surface area contributed by atoms with Gasteiger partial charge in [-0.1, -0.05) is 48.5 Å². The van der Waals surface area contributed by atoms with Crippen LogP contribution in [0.2, 0.25) is 0 Å². The van der Waals surface area contributed by atoms with E-state index < -0.39 is 23.8 Å². The lowest BCUT2D eigenvalue weighted by atomic mass is 10.1. The van der Waals surface area contributed by atoms with Gasteiger partial charge in [-0.25, -0.2) is 0 Å². The number of H-pyrrole nitrogens is 1. The van der Waals surface area contributed by atoms with Crippen molar-refractivity contribution in [3.05, 3.63) is 72.4 Å². The zero-order chi connectivity index (χ0) is 23.5. The number of thioether (sulfide) groups is 1. The molecule has 2 aromatic carbocycles. The first kappa shape index (κ1) is 23.9. The van der Waals surface area contributed by atoms with Crippen LogP contribution in [0.5, 0.6) is 5.75 Å². The molecule has 0 saturated carbocycles. The van der Waals surface area contributed by atoms with Gasteiger partial charge in [0.15, 0.2) is 6.61 Å². The highest BCUT2D eigenvalue weighted by Gasteiger charge is 2.22. The van der Waals surface area contributed by atoms with Gasteiger partial charge in [0.2, 0.25) is 0 Å². The summed E-state index contributed by atoms with van der Waals surface area (Å²) in [7, 11) is 0. The number of aromatic nitrogens is 2. The number of ether oxygens (including phenoxy) is 1. The van der Waals surface area contributed by atoms with Crippen molar-refractivity contribution in [2.75, 3.05) is 18.6 Å². The van der Waals surface area contributed by atoms with E-state index in [1.165, 1.54) is 0 Å². The van der Waals surface area contributed by atoms with Crippen LogP contribution in [0.25, 0.3) is 11.3 Å². The summed E-state index contributed by atoms with van der Waals surface area (Å²) in [6.07, 6.45) is 2.29. The molecule has 0 aliphatic carbocycles. The monoisotopic (exact) mass is 467 g/mol. The summed E-state index contributed by atoms with van der Waals surface area (Å²) in [4.78, 5) is 37.3. The molecule has 1 aromatic heterocycles. The predicted octanol–water partition coefficient (Wildman–Crippen LogP) is 2.15. The second-order valence-electron chi connectivity index (χ2n) is 6.98. The number of benzene rings is 2. The summed E-state index contributed by atoms with van der Waals surface area (Å²) in [6.45, 7) is -0.226. The molecule has 33 heavy (non-hydrogen) atoms. The molecule has 1 heterocycles. The minimum atomic E-state index is -0.828. The summed E-state index contributed by atoms with van der Waals surface area (Å²) >= 11 is 1.54. The Morgan fingerprint density at radius 1 is 1.03 bits per heavy atom. The average Bonchev–Trinajstić information content (AvgIpc) is 3.35. The SMILES string of the molecule is CSCC[C@H](NC(=O)COc1ccccc1)C(=O)NNC(=O)c1cc(-c2ccccc2)n[nH]1. The van der Waals surface area contributed by atoms with Crippen molar-refractivity contribution in [3.63, 3.8) is 0 Å². The van der Waals surface area contributed by atoms with Gasteiger partial charge in [0.1, 0.15) is 17.5 Å². The van der Waals surface area contributed by atoms with Crippen molar-refractivity contribution in [2.45, 2.75) is 12.5 Å². The molecule has 172 valence electrons. The maximum absolute atomic E-state index is 12.6. The van der Waals surface area contributed by atoms with Crippen molar-refractivity contribution in [3.8, 4) is 17.0 Å². The Hall–Kier alpha value is -3.79. The topological polar surface area (TPSA) is 125 Å². The standard InChI is InChI=1S/C23H25N5O4S/c1-33-13-12-18(24-21(29)15-32-17-10-6-3-7-11-17)22(30)27-28-23(31)20-14-19(25-26-20)16-8-4-2-5-9-16/h2-11,14,18H,12-13,15H2,1H3,(H,24,29)(H,25,26)(H,27,30)(H,28,31)/t18-/m0/s1. The smallest absolute Gasteiger partial charge is 0.287 e. The van der Waals surface area contributed by atoms with E-state index in [-0.39, 0.29) is 12.3 Å². The van der Waals surface area contributed by atoms with E-state index in [0.717, 1.165) is 5.56 Å². The molecule has 0 unspecified atom stereocenters. The molecule has 0 aliphatic heterocycles. The van der Waals surface area contributed by atoms with Crippen LogP contribution in [-0.4, -0.2) is 52.6 Å². The van der Waals surface area contributed by atoms with Gasteiger partial charge in [-0.05, 0) is 36.6 Å². The first-order valence-corrected chi connectivity index (χ1v) is 11.6. The summed E-state index contributed by atoms with van der Waals surface area (Å²) in [6, 6.07) is 19.1. The lowest BCUT2D eigenvalue weighted by Gasteiger charge is -2.18. The van der Waals surface area contributed by atoms with Crippen LogP contribution >= 0.6 is 11.8 Å². The zero-order valence-corrected chi connectivity index (χ0v) is 18.9. The van der Waals surface area contributed by atoms with Crippen molar-refractivity contribution in [1.82, 2.24) is 26.4 Å². The summed E-state index contributed by atoms with van der Waals surface area (Å²) in [5.74, 6) is -0.326. The molecular formula is C23H25N5O4S. The predicted molar refractivity (Wildman–Crippen MR) is 126 cm³/mol. The number of nitrogens with one attached hydrogen (secondary N) is 4. The molecule has 3 amide bonds. The fraction of sp³-hybridized carbons (Fsp3) is 0.217. The number of hydrazine groups is 1. The molecule has 0 fully saturated rings. The lowest BCUT2D eigenvalue weighted by molar-refractivity contribution is -0.130. The number of carbonyl (C=O) groups is 3. The highest BCUT2D eigenvalue weighted by atomic mass is 32.2. The van der Waals surface area contributed by atoms with Crippen molar-refractivity contribution in [1.29, 1.82) is 0 Å². The fourth-order valence-corrected chi connectivity index (χ4v) is 3.35. The molecule has 9 nitrogen and oxygen atoms in total. The van der Waals surface area contributed by atoms with Crippen LogP contribution in [0.3, 0.4) is 0 Å². The minimum absolute atomic E-state index is 0.190. The summed E-state index contributed by atoms with van der Waals surface area (Å²) in [5, 5.41) is 9.43. The Kier molecular flexibility index (Phi) is 8.89. The van der Waals surface area contributed by atoms with E-state index in [1.54, 1.807) is 42.1 Å². The Labute approximate surface area is 195 Å². The first-order valence-electron chi connectivity index (χ1n) is 10.2. The van der Waals surface area contributed by atoms with E-state index in [0.29, 0.717) is 23.6 Å². The Morgan fingerprint density at radius 3 is 2.42 bits per heavy atom. The first-order chi connectivity index (χ1) is 16.1. The van der Waals surface area contributed by atoms with Crippen LogP contribution in [0, 0.1) is 0 Å². The lowest BCUT2D eigenvalue weighted by Crippen LogP contribution is -2.53. The zero-order valence-electron chi connectivity index (χ0n) is 18.0. The van der Waals surface area contributed by atoms with Crippen LogP contribution in [0.1, 0.15) is 16.9 Å². The molecular weight excluding hydrogens is 442 g/mol. The van der Waals surface area contributed by atoms with Crippen molar-refractivity contribution in [2.24, 2.45) is 0 Å². The molecule has 3 aromatic rings. The van der Waals surface area contributed by atoms with E-state index in [2.05, 4.69) is 26.4 Å². The number of rotatable bonds is 10. The third-order valence-corrected chi connectivity index (χ3v) is 5.21. The molecule has 1 atom stereocenters. The number of amides is 3. The third kappa shape index (κ3) is 7.39. The van der Waals surface area contributed by atoms with Crippen LogP contribution < -0.4 is 20.9 Å². The quantitative estimate of drug-likeness (QED) is 0.339. The summed E-state index contributed by atoms with van der Waals surface area (Å²) < 4.78 is 5.42. The minimum Gasteiger partial charge on any atom is -0.484 e. The third-order valence-electron chi connectivity index (χ3n) is 4.57. The van der Waals surface area contributed by atoms with Gasteiger partial charge < -0.3 is 10.1 Å². The number of para-hydroxylation sites is 1. The van der Waals surface area contributed by atoms with Crippen LogP contribution in [-0.2, 0) is 9.59 Å². The van der Waals surface area contributed by atoms with Gasteiger partial charge >= 0.3 is 0 Å². The molecule has 10 heteroatoms. The number of hydrogen-bond acceptors (Lipinski definition) is 6. The van der Waals surface area contributed by atoms with Crippen LogP contribution in [0.15, 0.2) is 66.7 Å². The van der Waals surface area contributed by atoms with Gasteiger partial charge in [-0.2, -0.15) is 16.9 Å². The maximum Gasteiger partial charge on any atom is 0.287 e. The number of hydrogen-bond donors (Lipinski definition) is 4. The highest BCUT2D eigenvalue weighted by Crippen LogP contribution is 2.16. The fourth-order valence-electron chi connectivity index (χ4n) is 2.87. The van der Waals surface area contributed by atoms with Gasteiger partial charge in [-0.15, -0.1) is 0 Å². The van der Waals surface area contributed by atoms with Crippen molar-refractivity contribution < 1.29 is 19.1 Å². The average molecular weight is 468 g/mol. The molecule has 0 radical (unpaired) electrons. The number of aromatic amines is 1. The van der Waals surface area contributed by atoms with Crippen LogP contribution in [0.4, 0.5) is 0 Å². The van der Waals surface area contributed by atoms with Gasteiger partial charge in [0.05, 0.1) is 5.69 Å². The molecule has 4 N–H and O–H groups in total. The van der Waals surface area contributed by atoms with Gasteiger partial charge in [-0.3, -0.25) is 30.3 Å². The number of nitrogens with zero attached hydrogens (tertiary/aromatic N) is 1. The summed E-state index contributed by atoms with van der Waals surface area (Å²) in [5.41, 5.74) is 6.37. The molecule has 3 rings (SSSR count). The van der Waals surface area contributed by atoms with E-state index >= 15 is 0 Å². The second-order valence-corrected chi connectivity index (χ2v) is 7.97. The van der Waals surface area contributed by atoms with Crippen molar-refractivity contribution >= 4 is 29.5 Å². The number of carbonyl (C=O) groups excluding carboxylic acids is 3. The Morgan fingerprint density at radius 2 is 1.73 bits per heavy atom. The second kappa shape index (κ2) is 12.3. The largest absolute Gasteiger partial charge is 0.484 e. The Balaban J connectivity index is 1.52. The van der Waals surface area contributed by atoms with E-state index in [4.69, 9.17) is 4.74 Å². The molecule has 0 saturated heterocycles. The van der Waals surface area contributed by atoms with E-state index in [9.17, 15) is 14.4 Å². The molecule has 0 bridgehead atoms. The molecule has 0 aliphatic rings.